The molecule has 2 aromatic rings. The van der Waals surface area contributed by atoms with Crippen molar-refractivity contribution >= 4 is 29.2 Å². The predicted octanol–water partition coefficient (Wildman–Crippen LogP) is 2.60. The van der Waals surface area contributed by atoms with E-state index in [4.69, 9.17) is 11.6 Å². The molecule has 28 heavy (non-hydrogen) atoms. The van der Waals surface area contributed by atoms with Crippen LogP contribution < -0.4 is 10.6 Å². The van der Waals surface area contributed by atoms with E-state index in [0.717, 1.165) is 6.20 Å². The van der Waals surface area contributed by atoms with Gasteiger partial charge in [-0.05, 0) is 19.1 Å². The average Bonchev–Trinajstić information content (AvgIpc) is 2.65. The molecule has 7 nitrogen and oxygen atoms in total. The minimum atomic E-state index is -1.20. The molecular formula is C18H17ClF2N4O3. The second-order valence-corrected chi connectivity index (χ2v) is 6.67. The van der Waals surface area contributed by atoms with E-state index in [1.54, 1.807) is 18.2 Å². The molecule has 0 saturated heterocycles. The van der Waals surface area contributed by atoms with Crippen molar-refractivity contribution in [3.05, 3.63) is 58.4 Å². The SMILES string of the molecule is C[C@H](C(=O)N[C@H](CO)c1ncc(F)cc1F)N1Cc2c(Cl)cccc2NC1=O. The maximum absolute atomic E-state index is 13.9. The number of carbonyl (C=O) groups excluding carboxylic acids is 2. The number of urea groups is 1. The van der Waals surface area contributed by atoms with E-state index in [1.807, 2.05) is 0 Å². The number of pyridine rings is 1. The van der Waals surface area contributed by atoms with Gasteiger partial charge in [0, 0.05) is 22.3 Å². The van der Waals surface area contributed by atoms with Gasteiger partial charge in [0.1, 0.15) is 23.4 Å². The third kappa shape index (κ3) is 3.90. The maximum atomic E-state index is 13.9. The van der Waals surface area contributed by atoms with Crippen molar-refractivity contribution in [2.45, 2.75) is 25.6 Å². The topological polar surface area (TPSA) is 94.6 Å². The van der Waals surface area contributed by atoms with Crippen LogP contribution in [0.5, 0.6) is 0 Å². The molecule has 1 aromatic heterocycles. The van der Waals surface area contributed by atoms with E-state index < -0.39 is 42.3 Å². The monoisotopic (exact) mass is 410 g/mol. The first-order valence-corrected chi connectivity index (χ1v) is 8.76. The Morgan fingerprint density at radius 2 is 2.21 bits per heavy atom. The summed E-state index contributed by atoms with van der Waals surface area (Å²) in [5.74, 6) is -2.52. The molecule has 0 radical (unpaired) electrons. The summed E-state index contributed by atoms with van der Waals surface area (Å²) in [5.41, 5.74) is 0.918. The molecule has 148 valence electrons. The molecular weight excluding hydrogens is 394 g/mol. The van der Waals surface area contributed by atoms with Crippen LogP contribution in [0.25, 0.3) is 0 Å². The third-order valence-corrected chi connectivity index (χ3v) is 4.82. The van der Waals surface area contributed by atoms with Gasteiger partial charge >= 0.3 is 6.03 Å². The average molecular weight is 411 g/mol. The standard InChI is InChI=1S/C18H17ClF2N4O3/c1-9(25-7-11-12(19)3-2-4-14(11)24-18(25)28)17(27)23-15(8-26)16-13(21)5-10(20)6-22-16/h2-6,9,15,26H,7-8H2,1H3,(H,23,27)(H,24,28)/t9-,15-/m1/s1. The first kappa shape index (κ1) is 20.0. The van der Waals surface area contributed by atoms with E-state index in [1.165, 1.54) is 11.8 Å². The van der Waals surface area contributed by atoms with Gasteiger partial charge in [0.05, 0.1) is 25.4 Å². The van der Waals surface area contributed by atoms with Crippen LogP contribution in [0.4, 0.5) is 19.3 Å². The van der Waals surface area contributed by atoms with Crippen LogP contribution in [0.1, 0.15) is 24.2 Å². The summed E-state index contributed by atoms with van der Waals surface area (Å²) in [4.78, 5) is 29.8. The molecule has 1 aliphatic heterocycles. The number of halogens is 3. The maximum Gasteiger partial charge on any atom is 0.322 e. The van der Waals surface area contributed by atoms with E-state index in [-0.39, 0.29) is 12.2 Å². The fraction of sp³-hybridized carbons (Fsp3) is 0.278. The molecule has 3 rings (SSSR count). The quantitative estimate of drug-likeness (QED) is 0.706. The molecule has 2 heterocycles. The summed E-state index contributed by atoms with van der Waals surface area (Å²) in [6.45, 7) is 0.927. The second kappa shape index (κ2) is 8.07. The van der Waals surface area contributed by atoms with Crippen molar-refractivity contribution in [2.75, 3.05) is 11.9 Å². The van der Waals surface area contributed by atoms with Crippen molar-refractivity contribution < 1.29 is 23.5 Å². The largest absolute Gasteiger partial charge is 0.394 e. The minimum Gasteiger partial charge on any atom is -0.394 e. The number of hydrogen-bond acceptors (Lipinski definition) is 4. The number of aromatic nitrogens is 1. The van der Waals surface area contributed by atoms with Crippen LogP contribution >= 0.6 is 11.6 Å². The Bertz CT molecular complexity index is 928. The highest BCUT2D eigenvalue weighted by molar-refractivity contribution is 6.32. The molecule has 3 amide bonds. The number of hydrogen-bond donors (Lipinski definition) is 3. The smallest absolute Gasteiger partial charge is 0.322 e. The number of benzene rings is 1. The number of fused-ring (bicyclic) bond motifs is 1. The first-order valence-electron chi connectivity index (χ1n) is 8.39. The number of amides is 3. The molecule has 0 bridgehead atoms. The van der Waals surface area contributed by atoms with Crippen molar-refractivity contribution in [2.24, 2.45) is 0 Å². The highest BCUT2D eigenvalue weighted by atomic mass is 35.5. The summed E-state index contributed by atoms with van der Waals surface area (Å²) in [7, 11) is 0. The summed E-state index contributed by atoms with van der Waals surface area (Å²) in [6.07, 6.45) is 0.785. The zero-order chi connectivity index (χ0) is 20.4. The molecule has 0 saturated carbocycles. The minimum absolute atomic E-state index is 0.0996. The molecule has 0 spiro atoms. The number of nitrogens with one attached hydrogen (secondary N) is 2. The van der Waals surface area contributed by atoms with Gasteiger partial charge in [-0.3, -0.25) is 9.78 Å². The van der Waals surface area contributed by atoms with Gasteiger partial charge in [0.15, 0.2) is 0 Å². The zero-order valence-corrected chi connectivity index (χ0v) is 15.5. The number of nitrogens with zero attached hydrogens (tertiary/aromatic N) is 2. The summed E-state index contributed by atoms with van der Waals surface area (Å²) in [5, 5.41) is 15.0. The van der Waals surface area contributed by atoms with Gasteiger partial charge in [0.25, 0.3) is 0 Å². The fourth-order valence-electron chi connectivity index (χ4n) is 2.89. The summed E-state index contributed by atoms with van der Waals surface area (Å²) in [6, 6.07) is 3.03. The lowest BCUT2D eigenvalue weighted by Crippen LogP contribution is -2.51. The van der Waals surface area contributed by atoms with Crippen molar-refractivity contribution in [3.8, 4) is 0 Å². The predicted molar refractivity (Wildman–Crippen MR) is 97.6 cm³/mol. The number of anilines is 1. The molecule has 1 aliphatic rings. The normalized spacial score (nSPS) is 15.5. The van der Waals surface area contributed by atoms with Crippen LogP contribution in [0.15, 0.2) is 30.5 Å². The number of aliphatic hydroxyl groups excluding tert-OH is 1. The number of carbonyl (C=O) groups is 2. The Morgan fingerprint density at radius 3 is 2.89 bits per heavy atom. The molecule has 0 unspecified atom stereocenters. The summed E-state index contributed by atoms with van der Waals surface area (Å²) >= 11 is 6.16. The number of aliphatic hydroxyl groups is 1. The molecule has 0 aliphatic carbocycles. The Balaban J connectivity index is 1.76. The van der Waals surface area contributed by atoms with E-state index >= 15 is 0 Å². The van der Waals surface area contributed by atoms with Gasteiger partial charge < -0.3 is 20.6 Å². The third-order valence-electron chi connectivity index (χ3n) is 4.46. The lowest BCUT2D eigenvalue weighted by molar-refractivity contribution is -0.126. The molecule has 10 heteroatoms. The first-order chi connectivity index (χ1) is 13.3. The van der Waals surface area contributed by atoms with Gasteiger partial charge in [-0.1, -0.05) is 17.7 Å². The van der Waals surface area contributed by atoms with Crippen LogP contribution in [-0.2, 0) is 11.3 Å². The Kier molecular flexibility index (Phi) is 5.76. The highest BCUT2D eigenvalue weighted by Gasteiger charge is 2.32. The Hall–Kier alpha value is -2.78. The lowest BCUT2D eigenvalue weighted by atomic mass is 10.1. The zero-order valence-electron chi connectivity index (χ0n) is 14.7. The molecule has 3 N–H and O–H groups in total. The molecule has 0 fully saturated rings. The van der Waals surface area contributed by atoms with Gasteiger partial charge in [-0.15, -0.1) is 0 Å². The van der Waals surface area contributed by atoms with E-state index in [2.05, 4.69) is 15.6 Å². The van der Waals surface area contributed by atoms with Gasteiger partial charge in [0.2, 0.25) is 5.91 Å². The van der Waals surface area contributed by atoms with E-state index in [0.29, 0.717) is 22.3 Å². The molecule has 2 atom stereocenters. The van der Waals surface area contributed by atoms with Gasteiger partial charge in [-0.2, -0.15) is 0 Å². The Morgan fingerprint density at radius 1 is 1.46 bits per heavy atom. The van der Waals surface area contributed by atoms with Crippen molar-refractivity contribution in [1.29, 1.82) is 0 Å². The summed E-state index contributed by atoms with van der Waals surface area (Å²) < 4.78 is 26.9. The van der Waals surface area contributed by atoms with Crippen LogP contribution in [-0.4, -0.2) is 39.6 Å². The van der Waals surface area contributed by atoms with Crippen LogP contribution in [0.2, 0.25) is 5.02 Å². The number of rotatable bonds is 5. The van der Waals surface area contributed by atoms with Crippen molar-refractivity contribution in [3.63, 3.8) is 0 Å². The van der Waals surface area contributed by atoms with Crippen LogP contribution in [0.3, 0.4) is 0 Å². The van der Waals surface area contributed by atoms with Crippen molar-refractivity contribution in [1.82, 2.24) is 15.2 Å². The second-order valence-electron chi connectivity index (χ2n) is 6.26. The van der Waals surface area contributed by atoms with E-state index in [9.17, 15) is 23.5 Å². The fourth-order valence-corrected chi connectivity index (χ4v) is 3.13. The van der Waals surface area contributed by atoms with Crippen LogP contribution in [0, 0.1) is 11.6 Å². The Labute approximate surface area is 164 Å². The molecule has 1 aromatic carbocycles. The highest BCUT2D eigenvalue weighted by Crippen LogP contribution is 2.30. The lowest BCUT2D eigenvalue weighted by Gasteiger charge is -2.34. The van der Waals surface area contributed by atoms with Gasteiger partial charge in [-0.25, -0.2) is 13.6 Å².